The molecule has 1 aromatic heterocycles. The Morgan fingerprint density at radius 3 is 2.55 bits per heavy atom. The molecule has 0 aliphatic heterocycles. The first-order valence-electron chi connectivity index (χ1n) is 7.16. The molecule has 2 N–H and O–H groups in total. The van der Waals surface area contributed by atoms with Gasteiger partial charge in [0.25, 0.3) is 5.91 Å². The van der Waals surface area contributed by atoms with Crippen LogP contribution in [0.5, 0.6) is 0 Å². The van der Waals surface area contributed by atoms with Crippen molar-refractivity contribution in [2.45, 2.75) is 13.5 Å². The maximum atomic E-state index is 12.4. The quantitative estimate of drug-likeness (QED) is 0.774. The van der Waals surface area contributed by atoms with E-state index in [-0.39, 0.29) is 5.91 Å². The number of H-pyrrole nitrogens is 1. The summed E-state index contributed by atoms with van der Waals surface area (Å²) in [4.78, 5) is 12.4. The fourth-order valence-corrected chi connectivity index (χ4v) is 2.27. The molecule has 3 aromatic rings. The third kappa shape index (κ3) is 3.06. The number of amides is 1. The highest BCUT2D eigenvalue weighted by Crippen LogP contribution is 2.20. The lowest BCUT2D eigenvalue weighted by molar-refractivity contribution is 0.0951. The van der Waals surface area contributed by atoms with Crippen LogP contribution in [0, 0.1) is 6.92 Å². The number of nitrogens with one attached hydrogen (secondary N) is 2. The average molecular weight is 291 g/mol. The smallest absolute Gasteiger partial charge is 0.255 e. The van der Waals surface area contributed by atoms with Crippen molar-refractivity contribution < 1.29 is 4.79 Å². The first kappa shape index (κ1) is 14.1. The van der Waals surface area contributed by atoms with Gasteiger partial charge in [-0.2, -0.15) is 5.10 Å². The van der Waals surface area contributed by atoms with Crippen LogP contribution in [0.1, 0.15) is 21.5 Å². The van der Waals surface area contributed by atoms with Gasteiger partial charge in [0, 0.05) is 12.1 Å². The van der Waals surface area contributed by atoms with Crippen LogP contribution >= 0.6 is 0 Å². The van der Waals surface area contributed by atoms with Crippen LogP contribution in [-0.2, 0) is 6.54 Å². The standard InChI is InChI=1S/C18H17N3O/c1-13-7-9-14(10-8-13)11-19-18(22)16-12-20-21-17(16)15-5-3-2-4-6-15/h2-10,12H,11H2,1H3,(H,19,22)(H,20,21). The first-order valence-corrected chi connectivity index (χ1v) is 7.16. The molecule has 2 aromatic carbocycles. The summed E-state index contributed by atoms with van der Waals surface area (Å²) in [7, 11) is 0. The molecule has 0 aliphatic rings. The van der Waals surface area contributed by atoms with E-state index >= 15 is 0 Å². The Kier molecular flexibility index (Phi) is 4.01. The topological polar surface area (TPSA) is 57.8 Å². The zero-order chi connectivity index (χ0) is 15.4. The van der Waals surface area contributed by atoms with Gasteiger partial charge in [-0.25, -0.2) is 0 Å². The number of hydrogen-bond donors (Lipinski definition) is 2. The Bertz CT molecular complexity index is 761. The van der Waals surface area contributed by atoms with Crippen molar-refractivity contribution in [1.82, 2.24) is 15.5 Å². The third-order valence-electron chi connectivity index (χ3n) is 3.52. The minimum atomic E-state index is -0.131. The van der Waals surface area contributed by atoms with Gasteiger partial charge in [-0.1, -0.05) is 60.2 Å². The monoisotopic (exact) mass is 291 g/mol. The molecular formula is C18H17N3O. The van der Waals surface area contributed by atoms with Gasteiger partial charge in [0.2, 0.25) is 0 Å². The summed E-state index contributed by atoms with van der Waals surface area (Å²) in [6.07, 6.45) is 1.56. The maximum absolute atomic E-state index is 12.4. The van der Waals surface area contributed by atoms with Crippen LogP contribution in [-0.4, -0.2) is 16.1 Å². The molecule has 0 aliphatic carbocycles. The van der Waals surface area contributed by atoms with Crippen LogP contribution in [0.3, 0.4) is 0 Å². The lowest BCUT2D eigenvalue weighted by Gasteiger charge is -2.06. The fraction of sp³-hybridized carbons (Fsp3) is 0.111. The highest BCUT2D eigenvalue weighted by atomic mass is 16.1. The van der Waals surface area contributed by atoms with Gasteiger partial charge >= 0.3 is 0 Å². The molecule has 4 heteroatoms. The Morgan fingerprint density at radius 2 is 1.82 bits per heavy atom. The molecule has 1 heterocycles. The maximum Gasteiger partial charge on any atom is 0.255 e. The van der Waals surface area contributed by atoms with Gasteiger partial charge in [-0.05, 0) is 12.5 Å². The molecule has 22 heavy (non-hydrogen) atoms. The van der Waals surface area contributed by atoms with Crippen molar-refractivity contribution in [2.24, 2.45) is 0 Å². The second-order valence-electron chi connectivity index (χ2n) is 5.19. The summed E-state index contributed by atoms with van der Waals surface area (Å²) >= 11 is 0. The summed E-state index contributed by atoms with van der Waals surface area (Å²) in [6.45, 7) is 2.54. The van der Waals surface area contributed by atoms with Gasteiger partial charge < -0.3 is 5.32 Å². The first-order chi connectivity index (χ1) is 10.7. The zero-order valence-electron chi connectivity index (χ0n) is 12.3. The van der Waals surface area contributed by atoms with Crippen LogP contribution < -0.4 is 5.32 Å². The molecule has 0 fully saturated rings. The van der Waals surface area contributed by atoms with Gasteiger partial charge in [0.05, 0.1) is 17.5 Å². The second-order valence-corrected chi connectivity index (χ2v) is 5.19. The van der Waals surface area contributed by atoms with E-state index in [0.717, 1.165) is 16.8 Å². The fourth-order valence-electron chi connectivity index (χ4n) is 2.27. The van der Waals surface area contributed by atoms with Crippen molar-refractivity contribution in [3.63, 3.8) is 0 Å². The van der Waals surface area contributed by atoms with Gasteiger partial charge in [0.15, 0.2) is 0 Å². The lowest BCUT2D eigenvalue weighted by atomic mass is 10.1. The molecule has 0 bridgehead atoms. The number of aromatic nitrogens is 2. The predicted molar refractivity (Wildman–Crippen MR) is 86.4 cm³/mol. The van der Waals surface area contributed by atoms with Gasteiger partial charge in [-0.15, -0.1) is 0 Å². The summed E-state index contributed by atoms with van der Waals surface area (Å²) in [5.74, 6) is -0.131. The van der Waals surface area contributed by atoms with E-state index in [1.165, 1.54) is 5.56 Å². The number of benzene rings is 2. The van der Waals surface area contributed by atoms with E-state index < -0.39 is 0 Å². The Hall–Kier alpha value is -2.88. The molecule has 0 spiro atoms. The number of carbonyl (C=O) groups is 1. The molecular weight excluding hydrogens is 274 g/mol. The predicted octanol–water partition coefficient (Wildman–Crippen LogP) is 3.32. The van der Waals surface area contributed by atoms with Crippen LogP contribution in [0.4, 0.5) is 0 Å². The van der Waals surface area contributed by atoms with Crippen molar-refractivity contribution in [3.8, 4) is 11.3 Å². The van der Waals surface area contributed by atoms with E-state index in [1.807, 2.05) is 61.5 Å². The minimum Gasteiger partial charge on any atom is -0.348 e. The normalized spacial score (nSPS) is 10.4. The SMILES string of the molecule is Cc1ccc(CNC(=O)c2cn[nH]c2-c2ccccc2)cc1. The highest BCUT2D eigenvalue weighted by molar-refractivity contribution is 5.99. The van der Waals surface area contributed by atoms with Crippen molar-refractivity contribution in [3.05, 3.63) is 77.5 Å². The second kappa shape index (κ2) is 6.26. The minimum absolute atomic E-state index is 0.131. The number of nitrogens with zero attached hydrogens (tertiary/aromatic N) is 1. The van der Waals surface area contributed by atoms with E-state index in [2.05, 4.69) is 15.5 Å². The largest absolute Gasteiger partial charge is 0.348 e. The summed E-state index contributed by atoms with van der Waals surface area (Å²) < 4.78 is 0. The Balaban J connectivity index is 1.73. The average Bonchev–Trinajstić information content (AvgIpc) is 3.04. The molecule has 0 atom stereocenters. The molecule has 0 radical (unpaired) electrons. The molecule has 0 unspecified atom stereocenters. The van der Waals surface area contributed by atoms with Crippen molar-refractivity contribution >= 4 is 5.91 Å². The van der Waals surface area contributed by atoms with E-state index in [0.29, 0.717) is 12.1 Å². The number of aromatic amines is 1. The Labute approximate surface area is 129 Å². The molecule has 0 saturated carbocycles. The van der Waals surface area contributed by atoms with E-state index in [1.54, 1.807) is 6.20 Å². The van der Waals surface area contributed by atoms with Gasteiger partial charge in [-0.3, -0.25) is 9.89 Å². The van der Waals surface area contributed by atoms with Crippen LogP contribution in [0.2, 0.25) is 0 Å². The zero-order valence-corrected chi connectivity index (χ0v) is 12.3. The molecule has 1 amide bonds. The highest BCUT2D eigenvalue weighted by Gasteiger charge is 2.14. The van der Waals surface area contributed by atoms with Crippen LogP contribution in [0.15, 0.2) is 60.8 Å². The van der Waals surface area contributed by atoms with Gasteiger partial charge in [0.1, 0.15) is 0 Å². The molecule has 3 rings (SSSR count). The number of carbonyl (C=O) groups excluding carboxylic acids is 1. The van der Waals surface area contributed by atoms with E-state index in [4.69, 9.17) is 0 Å². The number of hydrogen-bond acceptors (Lipinski definition) is 2. The summed E-state index contributed by atoms with van der Waals surface area (Å²) in [5.41, 5.74) is 4.51. The third-order valence-corrected chi connectivity index (χ3v) is 3.52. The Morgan fingerprint density at radius 1 is 1.09 bits per heavy atom. The molecule has 0 saturated heterocycles. The lowest BCUT2D eigenvalue weighted by Crippen LogP contribution is -2.22. The van der Waals surface area contributed by atoms with Crippen molar-refractivity contribution in [1.29, 1.82) is 0 Å². The number of aryl methyl sites for hydroxylation is 1. The van der Waals surface area contributed by atoms with Crippen molar-refractivity contribution in [2.75, 3.05) is 0 Å². The summed E-state index contributed by atoms with van der Waals surface area (Å²) in [5, 5.41) is 9.83. The summed E-state index contributed by atoms with van der Waals surface area (Å²) in [6, 6.07) is 17.8. The van der Waals surface area contributed by atoms with E-state index in [9.17, 15) is 4.79 Å². The molecule has 4 nitrogen and oxygen atoms in total. The number of rotatable bonds is 4. The van der Waals surface area contributed by atoms with Crippen LogP contribution in [0.25, 0.3) is 11.3 Å². The molecule has 110 valence electrons.